The molecule has 3 N–H and O–H groups in total. The van der Waals surface area contributed by atoms with E-state index in [0.29, 0.717) is 22.5 Å². The maximum Gasteiger partial charge on any atom is 0.354 e. The van der Waals surface area contributed by atoms with Crippen LogP contribution in [-0.2, 0) is 0 Å². The van der Waals surface area contributed by atoms with E-state index in [1.54, 1.807) is 72.8 Å². The molecule has 5 aromatic rings. The van der Waals surface area contributed by atoms with Crippen molar-refractivity contribution in [1.29, 1.82) is 0 Å². The first-order chi connectivity index (χ1) is 19.7. The van der Waals surface area contributed by atoms with Gasteiger partial charge in [-0.3, -0.25) is 19.7 Å². The number of tetrazole rings is 1. The van der Waals surface area contributed by atoms with E-state index >= 15 is 0 Å². The lowest BCUT2D eigenvalue weighted by atomic mass is 10.1. The Morgan fingerprint density at radius 3 is 1.71 bits per heavy atom. The molecule has 0 saturated carbocycles. The van der Waals surface area contributed by atoms with Crippen LogP contribution >= 0.6 is 0 Å². The SMILES string of the molecule is CC(=O)c1cccc(-c2cccc(C(=O)Nc3nn[nH]n3)n2)c1.CC(=O)c1cccc(-c2cccc(C(=O)O)n2)c1. The standard InChI is InChI=1S/C15H12N6O2.C14H11NO3/c1-9(22)10-4-2-5-11(8-10)12-6-3-7-13(16-12)14(23)17-15-18-20-21-19-15;1-9(16)10-4-2-5-11(8-10)12-6-3-7-13(15-12)14(17)18/h2-8H,1H3,(H2,17,18,19,20,21,23);2-8H,1H3,(H,17,18). The van der Waals surface area contributed by atoms with E-state index in [-0.39, 0.29) is 28.9 Å². The summed E-state index contributed by atoms with van der Waals surface area (Å²) in [6.45, 7) is 2.99. The molecule has 3 aromatic heterocycles. The van der Waals surface area contributed by atoms with Crippen LogP contribution in [0.2, 0.25) is 0 Å². The number of carbonyl (C=O) groups excluding carboxylic acids is 3. The summed E-state index contributed by atoms with van der Waals surface area (Å²) in [6.07, 6.45) is 0. The number of carboxylic acids is 1. The summed E-state index contributed by atoms with van der Waals surface area (Å²) in [4.78, 5) is 54.1. The number of hydrogen-bond acceptors (Lipinski definition) is 9. The lowest BCUT2D eigenvalue weighted by molar-refractivity contribution is 0.0690. The van der Waals surface area contributed by atoms with Gasteiger partial charge in [0.15, 0.2) is 11.6 Å². The predicted octanol–water partition coefficient (Wildman–Crippen LogP) is 4.37. The Hall–Kier alpha value is -5.91. The van der Waals surface area contributed by atoms with Gasteiger partial charge in [0.1, 0.15) is 11.4 Å². The number of hydrogen-bond donors (Lipinski definition) is 3. The maximum absolute atomic E-state index is 12.1. The summed E-state index contributed by atoms with van der Waals surface area (Å²) in [5.41, 5.74) is 3.98. The zero-order valence-electron chi connectivity index (χ0n) is 21.9. The molecule has 12 heteroatoms. The molecule has 1 amide bonds. The van der Waals surface area contributed by atoms with Crippen molar-refractivity contribution in [3.8, 4) is 22.5 Å². The number of aromatic amines is 1. The second-order valence-electron chi connectivity index (χ2n) is 8.58. The molecule has 0 aliphatic carbocycles. The van der Waals surface area contributed by atoms with Gasteiger partial charge in [0, 0.05) is 22.3 Å². The molecular formula is C29H23N7O5. The van der Waals surface area contributed by atoms with Gasteiger partial charge in [0.05, 0.1) is 11.4 Å². The number of pyridine rings is 2. The minimum absolute atomic E-state index is 0.0132. The van der Waals surface area contributed by atoms with Gasteiger partial charge < -0.3 is 5.11 Å². The third-order valence-electron chi connectivity index (χ3n) is 5.65. The van der Waals surface area contributed by atoms with E-state index in [9.17, 15) is 19.2 Å². The molecule has 3 heterocycles. The quantitative estimate of drug-likeness (QED) is 0.247. The van der Waals surface area contributed by atoms with E-state index in [1.165, 1.54) is 19.9 Å². The molecule has 0 aliphatic rings. The number of H-pyrrole nitrogens is 1. The summed E-state index contributed by atoms with van der Waals surface area (Å²) < 4.78 is 0. The van der Waals surface area contributed by atoms with E-state index in [2.05, 4.69) is 35.9 Å². The highest BCUT2D eigenvalue weighted by Crippen LogP contribution is 2.20. The van der Waals surface area contributed by atoms with E-state index in [0.717, 1.165) is 11.1 Å². The molecule has 0 unspecified atom stereocenters. The van der Waals surface area contributed by atoms with Gasteiger partial charge in [-0.15, -0.1) is 5.10 Å². The maximum atomic E-state index is 12.1. The fraction of sp³-hybridized carbons (Fsp3) is 0.0690. The van der Waals surface area contributed by atoms with Crippen molar-refractivity contribution >= 4 is 29.4 Å². The van der Waals surface area contributed by atoms with Crippen LogP contribution in [0.1, 0.15) is 55.5 Å². The molecule has 0 aliphatic heterocycles. The largest absolute Gasteiger partial charge is 0.477 e. The second kappa shape index (κ2) is 12.8. The first-order valence-electron chi connectivity index (χ1n) is 12.2. The number of rotatable bonds is 7. The second-order valence-corrected chi connectivity index (χ2v) is 8.58. The number of aromatic carboxylic acids is 1. The van der Waals surface area contributed by atoms with Crippen molar-refractivity contribution in [2.75, 3.05) is 5.32 Å². The molecule has 12 nitrogen and oxygen atoms in total. The Kier molecular flexibility index (Phi) is 8.75. The number of amides is 1. The molecule has 0 spiro atoms. The number of ketones is 2. The van der Waals surface area contributed by atoms with Crippen LogP contribution in [-0.4, -0.2) is 59.1 Å². The van der Waals surface area contributed by atoms with Crippen LogP contribution in [0.25, 0.3) is 22.5 Å². The van der Waals surface area contributed by atoms with Crippen LogP contribution in [0.5, 0.6) is 0 Å². The van der Waals surface area contributed by atoms with Crippen molar-refractivity contribution in [2.45, 2.75) is 13.8 Å². The topological polar surface area (TPSA) is 181 Å². The van der Waals surface area contributed by atoms with Gasteiger partial charge in [-0.05, 0) is 55.5 Å². The van der Waals surface area contributed by atoms with Crippen molar-refractivity contribution in [2.24, 2.45) is 0 Å². The molecule has 0 radical (unpaired) electrons. The lowest BCUT2D eigenvalue weighted by Gasteiger charge is -2.05. The number of benzene rings is 2. The first-order valence-corrected chi connectivity index (χ1v) is 12.2. The summed E-state index contributed by atoms with van der Waals surface area (Å²) in [5, 5.41) is 24.3. The van der Waals surface area contributed by atoms with Gasteiger partial charge in [-0.25, -0.2) is 14.8 Å². The molecule has 5 rings (SSSR count). The lowest BCUT2D eigenvalue weighted by Crippen LogP contribution is -2.15. The number of aromatic nitrogens is 6. The van der Waals surface area contributed by atoms with Crippen molar-refractivity contribution in [3.05, 3.63) is 107 Å². The Morgan fingerprint density at radius 2 is 1.22 bits per heavy atom. The Bertz CT molecular complexity index is 1680. The van der Waals surface area contributed by atoms with Crippen LogP contribution in [0.15, 0.2) is 84.9 Å². The van der Waals surface area contributed by atoms with Crippen molar-refractivity contribution in [1.82, 2.24) is 30.6 Å². The third-order valence-corrected chi connectivity index (χ3v) is 5.65. The highest BCUT2D eigenvalue weighted by atomic mass is 16.4. The van der Waals surface area contributed by atoms with Crippen LogP contribution in [0, 0.1) is 0 Å². The normalized spacial score (nSPS) is 10.2. The fourth-order valence-corrected chi connectivity index (χ4v) is 3.61. The third kappa shape index (κ3) is 7.35. The summed E-state index contributed by atoms with van der Waals surface area (Å²) in [7, 11) is 0. The van der Waals surface area contributed by atoms with Crippen LogP contribution in [0.4, 0.5) is 5.95 Å². The number of anilines is 1. The molecule has 0 saturated heterocycles. The molecule has 2 aromatic carbocycles. The van der Waals surface area contributed by atoms with E-state index in [1.807, 2.05) is 6.07 Å². The highest BCUT2D eigenvalue weighted by Gasteiger charge is 2.12. The molecule has 0 bridgehead atoms. The number of Topliss-reactive ketones (excluding diaryl/α,β-unsaturated/α-hetero) is 2. The predicted molar refractivity (Wildman–Crippen MR) is 148 cm³/mol. The van der Waals surface area contributed by atoms with Gasteiger partial charge in [-0.2, -0.15) is 5.21 Å². The zero-order chi connectivity index (χ0) is 29.4. The molecule has 204 valence electrons. The van der Waals surface area contributed by atoms with Gasteiger partial charge in [0.25, 0.3) is 11.9 Å². The van der Waals surface area contributed by atoms with Crippen molar-refractivity contribution < 1.29 is 24.3 Å². The van der Waals surface area contributed by atoms with Gasteiger partial charge in [0.2, 0.25) is 0 Å². The van der Waals surface area contributed by atoms with Crippen molar-refractivity contribution in [3.63, 3.8) is 0 Å². The Labute approximate surface area is 233 Å². The average Bonchev–Trinajstić information content (AvgIpc) is 3.51. The summed E-state index contributed by atoms with van der Waals surface area (Å²) >= 11 is 0. The molecular weight excluding hydrogens is 526 g/mol. The Morgan fingerprint density at radius 1 is 0.707 bits per heavy atom. The molecule has 0 atom stereocenters. The Balaban J connectivity index is 0.000000195. The smallest absolute Gasteiger partial charge is 0.354 e. The first kappa shape index (κ1) is 28.1. The zero-order valence-corrected chi connectivity index (χ0v) is 21.9. The van der Waals surface area contributed by atoms with E-state index in [4.69, 9.17) is 5.11 Å². The highest BCUT2D eigenvalue weighted by molar-refractivity contribution is 6.02. The minimum Gasteiger partial charge on any atom is -0.477 e. The van der Waals surface area contributed by atoms with Gasteiger partial charge >= 0.3 is 5.97 Å². The molecule has 41 heavy (non-hydrogen) atoms. The number of nitrogens with one attached hydrogen (secondary N) is 2. The summed E-state index contributed by atoms with van der Waals surface area (Å²) in [6, 6.07) is 23.9. The number of nitrogens with zero attached hydrogens (tertiary/aromatic N) is 5. The van der Waals surface area contributed by atoms with Crippen LogP contribution < -0.4 is 5.32 Å². The van der Waals surface area contributed by atoms with Gasteiger partial charge in [-0.1, -0.05) is 53.6 Å². The minimum atomic E-state index is -1.07. The van der Waals surface area contributed by atoms with Crippen LogP contribution in [0.3, 0.4) is 0 Å². The fourth-order valence-electron chi connectivity index (χ4n) is 3.61. The number of carboxylic acid groups (broad SMARTS) is 1. The van der Waals surface area contributed by atoms with E-state index < -0.39 is 11.9 Å². The average molecular weight is 550 g/mol. The number of carbonyl (C=O) groups is 4. The monoisotopic (exact) mass is 549 g/mol. The summed E-state index contributed by atoms with van der Waals surface area (Å²) in [5.74, 6) is -1.51. The molecule has 0 fully saturated rings.